The minimum atomic E-state index is -2.08. The Balaban J connectivity index is 2.30. The highest BCUT2D eigenvalue weighted by Crippen LogP contribution is 2.55. The minimum absolute atomic E-state index is 0.0239. The molecule has 0 aromatic rings. The van der Waals surface area contributed by atoms with Crippen LogP contribution in [0.5, 0.6) is 0 Å². The van der Waals surface area contributed by atoms with Crippen LogP contribution in [0, 0.1) is 5.92 Å². The van der Waals surface area contributed by atoms with Gasteiger partial charge in [-0.25, -0.2) is 9.59 Å². The van der Waals surface area contributed by atoms with Gasteiger partial charge in [-0.2, -0.15) is 0 Å². The molecular weight excluding hydrogens is 338 g/mol. The van der Waals surface area contributed by atoms with E-state index in [4.69, 9.17) is 13.9 Å². The third-order valence-electron chi connectivity index (χ3n) is 5.75. The molecule has 3 aliphatic rings. The summed E-state index contributed by atoms with van der Waals surface area (Å²) >= 11 is 0. The van der Waals surface area contributed by atoms with E-state index in [1.54, 1.807) is 0 Å². The summed E-state index contributed by atoms with van der Waals surface area (Å²) in [6, 6.07) is 0. The van der Waals surface area contributed by atoms with E-state index >= 15 is 0 Å². The molecule has 1 aliphatic carbocycles. The molecule has 0 N–H and O–H groups in total. The van der Waals surface area contributed by atoms with Gasteiger partial charge in [0.25, 0.3) is 0 Å². The van der Waals surface area contributed by atoms with Crippen molar-refractivity contribution >= 4 is 20.4 Å². The van der Waals surface area contributed by atoms with Gasteiger partial charge in [-0.15, -0.1) is 0 Å². The van der Waals surface area contributed by atoms with Crippen LogP contribution in [0.2, 0.25) is 18.1 Å². The Kier molecular flexibility index (Phi) is 4.84. The number of hydrogen-bond acceptors (Lipinski definition) is 5. The molecule has 6 nitrogen and oxygen atoms in total. The highest BCUT2D eigenvalue weighted by atomic mass is 28.4. The number of nitrogens with zero attached hydrogens (tertiary/aromatic N) is 1. The van der Waals surface area contributed by atoms with E-state index in [0.717, 1.165) is 0 Å². The average molecular weight is 372 g/mol. The number of esters is 1. The third kappa shape index (κ3) is 3.32. The molecule has 0 aromatic carbocycles. The SMILES string of the molecule is COC(=O)[C@@]12C[C@@H](CN1C(=O)OC(C)(C)C)[C@H]2O[Si](C)(C)C(C)(C)C. The van der Waals surface area contributed by atoms with E-state index in [2.05, 4.69) is 33.9 Å². The zero-order valence-corrected chi connectivity index (χ0v) is 18.1. The molecule has 3 atom stereocenters. The van der Waals surface area contributed by atoms with Gasteiger partial charge < -0.3 is 13.9 Å². The molecule has 1 saturated carbocycles. The van der Waals surface area contributed by atoms with Gasteiger partial charge in [0, 0.05) is 12.5 Å². The highest BCUT2D eigenvalue weighted by molar-refractivity contribution is 6.74. The Labute approximate surface area is 152 Å². The molecule has 2 saturated heterocycles. The summed E-state index contributed by atoms with van der Waals surface area (Å²) in [5.74, 6) is -0.253. The van der Waals surface area contributed by atoms with Gasteiger partial charge in [0.15, 0.2) is 13.9 Å². The van der Waals surface area contributed by atoms with E-state index in [1.807, 2.05) is 20.8 Å². The van der Waals surface area contributed by atoms with Gasteiger partial charge in [-0.3, -0.25) is 4.90 Å². The Morgan fingerprint density at radius 1 is 1.12 bits per heavy atom. The van der Waals surface area contributed by atoms with Gasteiger partial charge >= 0.3 is 12.1 Å². The Hall–Kier alpha value is -1.08. The molecule has 0 aromatic heterocycles. The molecule has 7 heteroatoms. The van der Waals surface area contributed by atoms with E-state index in [0.29, 0.717) is 13.0 Å². The topological polar surface area (TPSA) is 65.1 Å². The van der Waals surface area contributed by atoms with Crippen LogP contribution in [-0.2, 0) is 18.7 Å². The summed E-state index contributed by atoms with van der Waals surface area (Å²) in [6.07, 6.45) is -0.201. The molecular formula is C18H33NO5Si. The van der Waals surface area contributed by atoms with Gasteiger partial charge in [-0.1, -0.05) is 20.8 Å². The number of amides is 1. The fourth-order valence-corrected chi connectivity index (χ4v) is 4.78. The van der Waals surface area contributed by atoms with Crippen LogP contribution in [0.3, 0.4) is 0 Å². The standard InChI is InChI=1S/C18H33NO5Si/c1-16(2,3)23-15(21)19-11-12-10-18(19,14(20)22-7)13(12)24-25(8,9)17(4,5)6/h12-13H,10-11H2,1-9H3/t12-,13+,18-/m0/s1. The van der Waals surface area contributed by atoms with Crippen molar-refractivity contribution in [2.45, 2.75) is 83.3 Å². The first-order valence-electron chi connectivity index (χ1n) is 8.92. The predicted octanol–water partition coefficient (Wildman–Crippen LogP) is 3.56. The molecule has 2 bridgehead atoms. The Morgan fingerprint density at radius 3 is 2.12 bits per heavy atom. The first-order valence-corrected chi connectivity index (χ1v) is 11.8. The fraction of sp³-hybridized carbons (Fsp3) is 0.889. The third-order valence-corrected chi connectivity index (χ3v) is 10.2. The number of hydrogen-bond donors (Lipinski definition) is 0. The lowest BCUT2D eigenvalue weighted by atomic mass is 9.70. The summed E-state index contributed by atoms with van der Waals surface area (Å²) < 4.78 is 17.1. The van der Waals surface area contributed by atoms with Crippen molar-refractivity contribution in [3.63, 3.8) is 0 Å². The second-order valence-electron chi connectivity index (χ2n) is 9.77. The lowest BCUT2D eigenvalue weighted by molar-refractivity contribution is -0.166. The summed E-state index contributed by atoms with van der Waals surface area (Å²) in [5.41, 5.74) is -1.66. The summed E-state index contributed by atoms with van der Waals surface area (Å²) in [6.45, 7) is 16.7. The molecule has 3 rings (SSSR count). The molecule has 2 aliphatic heterocycles. The molecule has 2 heterocycles. The van der Waals surface area contributed by atoms with Crippen molar-refractivity contribution in [3.8, 4) is 0 Å². The number of methoxy groups -OCH3 is 1. The second-order valence-corrected chi connectivity index (χ2v) is 14.5. The Bertz CT molecular complexity index is 563. The highest BCUT2D eigenvalue weighted by Gasteiger charge is 2.72. The summed E-state index contributed by atoms with van der Waals surface area (Å²) in [4.78, 5) is 26.9. The van der Waals surface area contributed by atoms with Crippen LogP contribution >= 0.6 is 0 Å². The fourth-order valence-electron chi connectivity index (χ4n) is 3.40. The number of fused-ring (bicyclic) bond motifs is 1. The first-order chi connectivity index (χ1) is 11.2. The van der Waals surface area contributed by atoms with Crippen LogP contribution in [0.4, 0.5) is 4.79 Å². The quantitative estimate of drug-likeness (QED) is 0.561. The molecule has 144 valence electrons. The molecule has 3 fully saturated rings. The molecule has 0 radical (unpaired) electrons. The second kappa shape index (κ2) is 5.98. The van der Waals surface area contributed by atoms with Gasteiger partial charge in [0.05, 0.1) is 13.2 Å². The number of carbonyl (C=O) groups is 2. The maximum atomic E-state index is 12.7. The minimum Gasteiger partial charge on any atom is -0.467 e. The van der Waals surface area contributed by atoms with Crippen LogP contribution in [0.25, 0.3) is 0 Å². The maximum Gasteiger partial charge on any atom is 0.411 e. The molecule has 25 heavy (non-hydrogen) atoms. The van der Waals surface area contributed by atoms with Gasteiger partial charge in [0.2, 0.25) is 0 Å². The van der Waals surface area contributed by atoms with Crippen LogP contribution in [0.15, 0.2) is 0 Å². The van der Waals surface area contributed by atoms with Crippen LogP contribution in [0.1, 0.15) is 48.0 Å². The predicted molar refractivity (Wildman–Crippen MR) is 97.9 cm³/mol. The Morgan fingerprint density at radius 2 is 1.68 bits per heavy atom. The number of rotatable bonds is 3. The van der Waals surface area contributed by atoms with Crippen molar-refractivity contribution < 1.29 is 23.5 Å². The van der Waals surface area contributed by atoms with Crippen LogP contribution < -0.4 is 0 Å². The van der Waals surface area contributed by atoms with Gasteiger partial charge in [-0.05, 0) is 45.3 Å². The zero-order chi connectivity index (χ0) is 19.4. The van der Waals surface area contributed by atoms with E-state index in [9.17, 15) is 9.59 Å². The lowest BCUT2D eigenvalue weighted by Crippen LogP contribution is -2.67. The first kappa shape index (κ1) is 20.2. The largest absolute Gasteiger partial charge is 0.467 e. The smallest absolute Gasteiger partial charge is 0.411 e. The van der Waals surface area contributed by atoms with Crippen LogP contribution in [-0.4, -0.2) is 56.2 Å². The van der Waals surface area contributed by atoms with E-state index < -0.39 is 31.5 Å². The number of ether oxygens (including phenoxy) is 2. The molecule has 1 amide bonds. The molecule has 0 unspecified atom stereocenters. The van der Waals surface area contributed by atoms with E-state index in [-0.39, 0.29) is 17.1 Å². The van der Waals surface area contributed by atoms with Crippen molar-refractivity contribution in [3.05, 3.63) is 0 Å². The summed E-state index contributed by atoms with van der Waals surface area (Å²) in [7, 11) is -0.724. The lowest BCUT2D eigenvalue weighted by Gasteiger charge is -2.50. The average Bonchev–Trinajstić information content (AvgIpc) is 2.95. The van der Waals surface area contributed by atoms with Crippen molar-refractivity contribution in [1.82, 2.24) is 4.90 Å². The van der Waals surface area contributed by atoms with Crippen molar-refractivity contribution in [2.24, 2.45) is 5.92 Å². The zero-order valence-electron chi connectivity index (χ0n) is 17.1. The van der Waals surface area contributed by atoms with E-state index in [1.165, 1.54) is 12.0 Å². The molecule has 0 spiro atoms. The monoisotopic (exact) mass is 371 g/mol. The normalized spacial score (nSPS) is 29.2. The maximum absolute atomic E-state index is 12.7. The van der Waals surface area contributed by atoms with Crippen molar-refractivity contribution in [2.75, 3.05) is 13.7 Å². The van der Waals surface area contributed by atoms with Crippen molar-refractivity contribution in [1.29, 1.82) is 0 Å². The number of carbonyl (C=O) groups excluding carboxylic acids is 2. The summed E-state index contributed by atoms with van der Waals surface area (Å²) in [5, 5.41) is 0.0239. The van der Waals surface area contributed by atoms with Gasteiger partial charge in [0.1, 0.15) is 5.60 Å².